The average molecular weight is 309 g/mol. The highest BCUT2D eigenvalue weighted by atomic mass is 16.2. The van der Waals surface area contributed by atoms with E-state index in [1.807, 2.05) is 0 Å². The van der Waals surface area contributed by atoms with E-state index in [0.717, 1.165) is 31.5 Å². The van der Waals surface area contributed by atoms with Gasteiger partial charge in [-0.3, -0.25) is 9.69 Å². The summed E-state index contributed by atoms with van der Waals surface area (Å²) in [6.45, 7) is 10.4. The fourth-order valence-electron chi connectivity index (χ4n) is 4.14. The zero-order valence-electron chi connectivity index (χ0n) is 15.1. The van der Waals surface area contributed by atoms with E-state index in [1.165, 1.54) is 38.8 Å². The molecule has 2 heterocycles. The summed E-state index contributed by atoms with van der Waals surface area (Å²) < 4.78 is 0. The summed E-state index contributed by atoms with van der Waals surface area (Å²) in [5.74, 6) is 2.70. The van der Waals surface area contributed by atoms with Crippen molar-refractivity contribution in [1.29, 1.82) is 0 Å². The molecular formula is C18H35N3O. The van der Waals surface area contributed by atoms with Crippen LogP contribution >= 0.6 is 0 Å². The van der Waals surface area contributed by atoms with Crippen molar-refractivity contribution in [2.75, 3.05) is 53.4 Å². The van der Waals surface area contributed by atoms with Crippen molar-refractivity contribution in [2.45, 2.75) is 39.5 Å². The van der Waals surface area contributed by atoms with E-state index in [1.54, 1.807) is 0 Å². The Kier molecular flexibility index (Phi) is 6.69. The minimum Gasteiger partial charge on any atom is -0.342 e. The monoisotopic (exact) mass is 309 g/mol. The van der Waals surface area contributed by atoms with Gasteiger partial charge in [-0.1, -0.05) is 13.8 Å². The lowest BCUT2D eigenvalue weighted by Crippen LogP contribution is -2.45. The number of carbonyl (C=O) groups is 1. The number of hydrogen-bond donors (Lipinski definition) is 0. The first kappa shape index (κ1) is 17.7. The molecule has 2 aliphatic rings. The molecule has 2 aliphatic heterocycles. The third-order valence-electron chi connectivity index (χ3n) is 5.40. The SMILES string of the molecule is CC(C)CN(C)CC(=O)N1CCC(C2CCN(C)CC2)CC1. The number of carbonyl (C=O) groups excluding carboxylic acids is 1. The molecule has 0 aromatic carbocycles. The number of hydrogen-bond acceptors (Lipinski definition) is 3. The molecule has 1 amide bonds. The fourth-order valence-corrected chi connectivity index (χ4v) is 4.14. The van der Waals surface area contributed by atoms with E-state index < -0.39 is 0 Å². The summed E-state index contributed by atoms with van der Waals surface area (Å²) in [5.41, 5.74) is 0. The number of rotatable bonds is 5. The minimum absolute atomic E-state index is 0.324. The van der Waals surface area contributed by atoms with E-state index in [2.05, 4.69) is 42.6 Å². The lowest BCUT2D eigenvalue weighted by Gasteiger charge is -2.39. The number of nitrogens with zero attached hydrogens (tertiary/aromatic N) is 3. The Bertz CT molecular complexity index is 342. The van der Waals surface area contributed by atoms with Crippen molar-refractivity contribution in [2.24, 2.45) is 17.8 Å². The maximum atomic E-state index is 12.4. The quantitative estimate of drug-likeness (QED) is 0.778. The molecule has 2 fully saturated rings. The van der Waals surface area contributed by atoms with Crippen LogP contribution in [0.5, 0.6) is 0 Å². The Labute approximate surface area is 136 Å². The van der Waals surface area contributed by atoms with Crippen LogP contribution < -0.4 is 0 Å². The van der Waals surface area contributed by atoms with E-state index in [9.17, 15) is 4.79 Å². The molecule has 0 N–H and O–H groups in total. The van der Waals surface area contributed by atoms with E-state index in [0.29, 0.717) is 18.4 Å². The van der Waals surface area contributed by atoms with Gasteiger partial charge in [-0.25, -0.2) is 0 Å². The fraction of sp³-hybridized carbons (Fsp3) is 0.944. The van der Waals surface area contributed by atoms with Crippen LogP contribution in [0.15, 0.2) is 0 Å². The minimum atomic E-state index is 0.324. The molecule has 4 nitrogen and oxygen atoms in total. The first-order valence-corrected chi connectivity index (χ1v) is 9.10. The number of piperidine rings is 2. The molecule has 0 aliphatic carbocycles. The summed E-state index contributed by atoms with van der Waals surface area (Å²) in [6.07, 6.45) is 5.14. The molecule has 0 atom stereocenters. The van der Waals surface area contributed by atoms with E-state index >= 15 is 0 Å². The highest BCUT2D eigenvalue weighted by molar-refractivity contribution is 5.78. The highest BCUT2D eigenvalue weighted by Crippen LogP contribution is 2.32. The van der Waals surface area contributed by atoms with Crippen LogP contribution in [-0.2, 0) is 4.79 Å². The molecule has 0 unspecified atom stereocenters. The normalized spacial score (nSPS) is 22.7. The number of likely N-dealkylation sites (tertiary alicyclic amines) is 2. The maximum Gasteiger partial charge on any atom is 0.236 e. The van der Waals surface area contributed by atoms with Crippen LogP contribution in [0.4, 0.5) is 0 Å². The molecule has 0 aromatic heterocycles. The smallest absolute Gasteiger partial charge is 0.236 e. The van der Waals surface area contributed by atoms with Crippen LogP contribution in [0, 0.1) is 17.8 Å². The second kappa shape index (κ2) is 8.30. The van der Waals surface area contributed by atoms with Crippen molar-refractivity contribution >= 4 is 5.91 Å². The van der Waals surface area contributed by atoms with Gasteiger partial charge in [0.1, 0.15) is 0 Å². The van der Waals surface area contributed by atoms with Crippen LogP contribution in [0.25, 0.3) is 0 Å². The van der Waals surface area contributed by atoms with Gasteiger partial charge in [-0.2, -0.15) is 0 Å². The molecule has 4 heteroatoms. The molecule has 0 spiro atoms. The zero-order chi connectivity index (χ0) is 16.1. The van der Waals surface area contributed by atoms with Crippen molar-refractivity contribution in [3.63, 3.8) is 0 Å². The Hall–Kier alpha value is -0.610. The molecule has 0 bridgehead atoms. The predicted molar refractivity (Wildman–Crippen MR) is 91.9 cm³/mol. The van der Waals surface area contributed by atoms with Crippen LogP contribution in [0.1, 0.15) is 39.5 Å². The summed E-state index contributed by atoms with van der Waals surface area (Å²) in [6, 6.07) is 0. The van der Waals surface area contributed by atoms with E-state index in [4.69, 9.17) is 0 Å². The van der Waals surface area contributed by atoms with Crippen LogP contribution in [0.3, 0.4) is 0 Å². The molecule has 128 valence electrons. The molecule has 2 saturated heterocycles. The lowest BCUT2D eigenvalue weighted by molar-refractivity contribution is -0.133. The second-order valence-corrected chi connectivity index (χ2v) is 7.95. The predicted octanol–water partition coefficient (Wildman–Crippen LogP) is 2.15. The van der Waals surface area contributed by atoms with Gasteiger partial charge in [0.15, 0.2) is 0 Å². The molecule has 0 radical (unpaired) electrons. The third-order valence-corrected chi connectivity index (χ3v) is 5.40. The Balaban J connectivity index is 1.71. The van der Waals surface area contributed by atoms with Gasteiger partial charge in [-0.05, 0) is 70.6 Å². The van der Waals surface area contributed by atoms with Crippen molar-refractivity contribution in [3.05, 3.63) is 0 Å². The number of amides is 1. The Morgan fingerprint density at radius 2 is 1.55 bits per heavy atom. The van der Waals surface area contributed by atoms with Gasteiger partial charge < -0.3 is 9.80 Å². The summed E-state index contributed by atoms with van der Waals surface area (Å²) in [4.78, 5) is 19.1. The molecule has 0 saturated carbocycles. The average Bonchev–Trinajstić information content (AvgIpc) is 2.47. The highest BCUT2D eigenvalue weighted by Gasteiger charge is 2.30. The van der Waals surface area contributed by atoms with Crippen LogP contribution in [0.2, 0.25) is 0 Å². The first-order valence-electron chi connectivity index (χ1n) is 9.10. The van der Waals surface area contributed by atoms with Crippen molar-refractivity contribution in [3.8, 4) is 0 Å². The second-order valence-electron chi connectivity index (χ2n) is 7.95. The van der Waals surface area contributed by atoms with Gasteiger partial charge in [0.25, 0.3) is 0 Å². The summed E-state index contributed by atoms with van der Waals surface area (Å²) in [5, 5.41) is 0. The topological polar surface area (TPSA) is 26.8 Å². The van der Waals surface area contributed by atoms with Gasteiger partial charge >= 0.3 is 0 Å². The van der Waals surface area contributed by atoms with E-state index in [-0.39, 0.29) is 0 Å². The molecule has 2 rings (SSSR count). The van der Waals surface area contributed by atoms with Gasteiger partial charge in [0.05, 0.1) is 6.54 Å². The third kappa shape index (κ3) is 5.24. The van der Waals surface area contributed by atoms with Crippen molar-refractivity contribution in [1.82, 2.24) is 14.7 Å². The summed E-state index contributed by atoms with van der Waals surface area (Å²) in [7, 11) is 4.29. The Morgan fingerprint density at radius 3 is 2.05 bits per heavy atom. The summed E-state index contributed by atoms with van der Waals surface area (Å²) >= 11 is 0. The van der Waals surface area contributed by atoms with Crippen molar-refractivity contribution < 1.29 is 4.79 Å². The van der Waals surface area contributed by atoms with Gasteiger partial charge in [0.2, 0.25) is 5.91 Å². The zero-order valence-corrected chi connectivity index (χ0v) is 15.1. The molecular weight excluding hydrogens is 274 g/mol. The standard InChI is InChI=1S/C18H35N3O/c1-15(2)13-20(4)14-18(22)21-11-7-17(8-12-21)16-5-9-19(3)10-6-16/h15-17H,5-14H2,1-4H3. The molecule has 22 heavy (non-hydrogen) atoms. The largest absolute Gasteiger partial charge is 0.342 e. The van der Waals surface area contributed by atoms with Gasteiger partial charge in [-0.15, -0.1) is 0 Å². The van der Waals surface area contributed by atoms with Crippen LogP contribution in [-0.4, -0.2) is 74.0 Å². The van der Waals surface area contributed by atoms with Gasteiger partial charge in [0, 0.05) is 19.6 Å². The Morgan fingerprint density at radius 1 is 1.05 bits per heavy atom. The maximum absolute atomic E-state index is 12.4. The number of likely N-dealkylation sites (N-methyl/N-ethyl adjacent to an activating group) is 1. The lowest BCUT2D eigenvalue weighted by atomic mass is 9.79. The molecule has 0 aromatic rings. The first-order chi connectivity index (χ1) is 10.5.